The molecule has 4 aromatic rings. The van der Waals surface area contributed by atoms with E-state index in [2.05, 4.69) is 14.7 Å². The van der Waals surface area contributed by atoms with Crippen LogP contribution < -0.4 is 4.72 Å². The molecule has 1 N–H and O–H groups in total. The molecule has 0 atom stereocenters. The third-order valence-corrected chi connectivity index (χ3v) is 7.54. The fourth-order valence-corrected chi connectivity index (χ4v) is 5.25. The number of unbranched alkanes of at least 4 members (excludes halogenated alkanes) is 1. The van der Waals surface area contributed by atoms with Gasteiger partial charge < -0.3 is 9.30 Å². The first-order chi connectivity index (χ1) is 18.1. The highest BCUT2D eigenvalue weighted by Gasteiger charge is 2.19. The van der Waals surface area contributed by atoms with Crippen LogP contribution in [0.25, 0.3) is 22.3 Å². The number of aryl methyl sites for hydroxylation is 1. The summed E-state index contributed by atoms with van der Waals surface area (Å²) in [6.45, 7) is 3.60. The number of sulfonamides is 1. The monoisotopic (exact) mass is 554 g/mol. The molecular weight excluding hydrogens is 528 g/mol. The van der Waals surface area contributed by atoms with Gasteiger partial charge in [-0.25, -0.2) is 23.1 Å². The van der Waals surface area contributed by atoms with Gasteiger partial charge in [0.05, 0.1) is 18.9 Å². The molecule has 4 rings (SSSR count). The zero-order valence-electron chi connectivity index (χ0n) is 21.0. The van der Waals surface area contributed by atoms with Gasteiger partial charge in [0.2, 0.25) is 10.0 Å². The Bertz CT molecular complexity index is 1590. The summed E-state index contributed by atoms with van der Waals surface area (Å²) in [5, 5.41) is 0.585. The number of nitrogens with zero attached hydrogens (tertiary/aromatic N) is 3. The highest BCUT2D eigenvalue weighted by Crippen LogP contribution is 2.27. The zero-order valence-corrected chi connectivity index (χ0v) is 22.6. The van der Waals surface area contributed by atoms with Gasteiger partial charge in [-0.1, -0.05) is 54.1 Å². The van der Waals surface area contributed by atoms with Gasteiger partial charge in [-0.15, -0.1) is 0 Å². The Morgan fingerprint density at radius 2 is 1.76 bits per heavy atom. The minimum atomic E-state index is -3.89. The maximum absolute atomic E-state index is 12.7. The van der Waals surface area contributed by atoms with E-state index in [-0.39, 0.29) is 24.5 Å². The topological polar surface area (TPSA) is 120 Å². The molecule has 0 saturated carbocycles. The SMILES string of the molecule is CC(=O)OCCCCS(=O)(=O)NC(=O)c1ccc2nc(C)n(Cc3ccc(-c4ccccc4)cc3Cl)c2n1. The number of ether oxygens (including phenoxy) is 1. The summed E-state index contributed by atoms with van der Waals surface area (Å²) in [6.07, 6.45) is 0.602. The second-order valence-corrected chi connectivity index (χ2v) is 11.0. The van der Waals surface area contributed by atoms with E-state index in [4.69, 9.17) is 16.3 Å². The van der Waals surface area contributed by atoms with Crippen molar-refractivity contribution in [1.82, 2.24) is 19.3 Å². The standard InChI is InChI=1S/C27H27ClN4O5S/c1-18-29-24-12-13-25(27(34)31-38(35,36)15-7-6-14-37-19(2)33)30-26(24)32(18)17-22-11-10-21(16-23(22)28)20-8-4-3-5-9-20/h3-5,8-13,16H,6-7,14-15,17H2,1-2H3,(H,31,34). The number of benzene rings is 2. The Labute approximate surface area is 225 Å². The number of hydrogen-bond acceptors (Lipinski definition) is 7. The first-order valence-electron chi connectivity index (χ1n) is 12.0. The normalized spacial score (nSPS) is 11.4. The first kappa shape index (κ1) is 27.3. The lowest BCUT2D eigenvalue weighted by atomic mass is 10.0. The third kappa shape index (κ3) is 6.76. The minimum absolute atomic E-state index is 0.0485. The maximum Gasteiger partial charge on any atom is 0.302 e. The molecule has 0 bridgehead atoms. The molecule has 11 heteroatoms. The van der Waals surface area contributed by atoms with Crippen LogP contribution in [-0.2, 0) is 26.1 Å². The number of aromatic nitrogens is 3. The van der Waals surface area contributed by atoms with Crippen molar-refractivity contribution in [3.05, 3.63) is 82.8 Å². The largest absolute Gasteiger partial charge is 0.466 e. The van der Waals surface area contributed by atoms with Crippen molar-refractivity contribution in [2.24, 2.45) is 0 Å². The average molecular weight is 555 g/mol. The minimum Gasteiger partial charge on any atom is -0.466 e. The Hall–Kier alpha value is -3.76. The van der Waals surface area contributed by atoms with Crippen molar-refractivity contribution in [2.45, 2.75) is 33.2 Å². The molecule has 1 amide bonds. The van der Waals surface area contributed by atoms with E-state index in [9.17, 15) is 18.0 Å². The molecule has 0 aliphatic heterocycles. The van der Waals surface area contributed by atoms with Crippen LogP contribution in [0.1, 0.15) is 41.6 Å². The van der Waals surface area contributed by atoms with E-state index in [0.717, 1.165) is 16.7 Å². The molecule has 0 aliphatic carbocycles. The third-order valence-electron chi connectivity index (χ3n) is 5.87. The van der Waals surface area contributed by atoms with E-state index in [1.165, 1.54) is 13.0 Å². The van der Waals surface area contributed by atoms with E-state index in [1.54, 1.807) is 6.07 Å². The zero-order chi connectivity index (χ0) is 27.3. The highest BCUT2D eigenvalue weighted by atomic mass is 35.5. The van der Waals surface area contributed by atoms with Gasteiger partial charge >= 0.3 is 5.97 Å². The first-order valence-corrected chi connectivity index (χ1v) is 14.0. The average Bonchev–Trinajstić information content (AvgIpc) is 3.19. The summed E-state index contributed by atoms with van der Waals surface area (Å²) < 4.78 is 33.4. The van der Waals surface area contributed by atoms with Crippen LogP contribution in [0.5, 0.6) is 0 Å². The van der Waals surface area contributed by atoms with Crippen LogP contribution in [-0.4, -0.2) is 47.2 Å². The predicted octanol–water partition coefficient (Wildman–Crippen LogP) is 4.51. The van der Waals surface area contributed by atoms with Crippen LogP contribution in [0.3, 0.4) is 0 Å². The summed E-state index contributed by atoms with van der Waals surface area (Å²) in [4.78, 5) is 32.5. The van der Waals surface area contributed by atoms with E-state index in [1.807, 2.05) is 60.0 Å². The van der Waals surface area contributed by atoms with Gasteiger partial charge in [0.15, 0.2) is 5.65 Å². The lowest BCUT2D eigenvalue weighted by molar-refractivity contribution is -0.141. The van der Waals surface area contributed by atoms with Crippen molar-refractivity contribution >= 4 is 44.7 Å². The Kier molecular flexibility index (Phi) is 8.43. The Morgan fingerprint density at radius 1 is 1.00 bits per heavy atom. The van der Waals surface area contributed by atoms with Crippen LogP contribution in [0.15, 0.2) is 60.7 Å². The van der Waals surface area contributed by atoms with Crippen molar-refractivity contribution in [3.63, 3.8) is 0 Å². The van der Waals surface area contributed by atoms with Gasteiger partial charge in [0.1, 0.15) is 17.0 Å². The van der Waals surface area contributed by atoms with Crippen LogP contribution in [0, 0.1) is 6.92 Å². The lowest BCUT2D eigenvalue weighted by Crippen LogP contribution is -2.33. The van der Waals surface area contributed by atoms with Gasteiger partial charge in [-0.3, -0.25) is 9.59 Å². The summed E-state index contributed by atoms with van der Waals surface area (Å²) >= 11 is 6.62. The molecule has 0 radical (unpaired) electrons. The molecule has 0 unspecified atom stereocenters. The van der Waals surface area contributed by atoms with Gasteiger partial charge in [-0.2, -0.15) is 0 Å². The number of carbonyl (C=O) groups excluding carboxylic acids is 2. The number of rotatable bonds is 10. The number of halogens is 1. The van der Waals surface area contributed by atoms with E-state index >= 15 is 0 Å². The summed E-state index contributed by atoms with van der Waals surface area (Å²) in [7, 11) is -3.89. The molecule has 0 spiro atoms. The van der Waals surface area contributed by atoms with Gasteiger partial charge in [0, 0.05) is 11.9 Å². The quantitative estimate of drug-likeness (QED) is 0.226. The Morgan fingerprint density at radius 3 is 2.47 bits per heavy atom. The number of hydrogen-bond donors (Lipinski definition) is 1. The number of pyridine rings is 1. The molecule has 2 aromatic heterocycles. The number of fused-ring (bicyclic) bond motifs is 1. The smallest absolute Gasteiger partial charge is 0.302 e. The summed E-state index contributed by atoms with van der Waals surface area (Å²) in [5.41, 5.74) is 3.87. The fourth-order valence-electron chi connectivity index (χ4n) is 3.94. The fraction of sp³-hybridized carbons (Fsp3) is 0.259. The second kappa shape index (κ2) is 11.7. The number of carbonyl (C=O) groups is 2. The van der Waals surface area contributed by atoms with E-state index in [0.29, 0.717) is 35.0 Å². The van der Waals surface area contributed by atoms with E-state index < -0.39 is 21.9 Å². The van der Waals surface area contributed by atoms with Crippen LogP contribution >= 0.6 is 11.6 Å². The molecule has 9 nitrogen and oxygen atoms in total. The number of nitrogens with one attached hydrogen (secondary N) is 1. The summed E-state index contributed by atoms with van der Waals surface area (Å²) in [6, 6.07) is 18.8. The summed E-state index contributed by atoms with van der Waals surface area (Å²) in [5.74, 6) is -0.865. The maximum atomic E-state index is 12.7. The van der Waals surface area contributed by atoms with Crippen molar-refractivity contribution in [1.29, 1.82) is 0 Å². The predicted molar refractivity (Wildman–Crippen MR) is 145 cm³/mol. The van der Waals surface area contributed by atoms with Gasteiger partial charge in [-0.05, 0) is 54.7 Å². The molecule has 0 aliphatic rings. The van der Waals surface area contributed by atoms with Crippen molar-refractivity contribution in [2.75, 3.05) is 12.4 Å². The Balaban J connectivity index is 1.50. The number of amides is 1. The van der Waals surface area contributed by atoms with Crippen LogP contribution in [0.2, 0.25) is 5.02 Å². The molecular formula is C27H27ClN4O5S. The van der Waals surface area contributed by atoms with Gasteiger partial charge in [0.25, 0.3) is 5.91 Å². The second-order valence-electron chi connectivity index (χ2n) is 8.75. The van der Waals surface area contributed by atoms with Crippen molar-refractivity contribution < 1.29 is 22.7 Å². The lowest BCUT2D eigenvalue weighted by Gasteiger charge is -2.11. The van der Waals surface area contributed by atoms with Crippen molar-refractivity contribution in [3.8, 4) is 11.1 Å². The molecule has 198 valence electrons. The molecule has 0 saturated heterocycles. The highest BCUT2D eigenvalue weighted by molar-refractivity contribution is 7.90. The molecule has 38 heavy (non-hydrogen) atoms. The molecule has 0 fully saturated rings. The number of imidazole rings is 1. The molecule has 2 aromatic carbocycles. The number of esters is 1. The molecule has 2 heterocycles. The van der Waals surface area contributed by atoms with Crippen LogP contribution in [0.4, 0.5) is 0 Å².